The summed E-state index contributed by atoms with van der Waals surface area (Å²) in [5.74, 6) is -1.69. The zero-order chi connectivity index (χ0) is 15.3. The minimum Gasteiger partial charge on any atom is -0.481 e. The Hall–Kier alpha value is -1.46. The van der Waals surface area contributed by atoms with Gasteiger partial charge in [0, 0.05) is 0 Å². The molecule has 0 aromatic heterocycles. The van der Waals surface area contributed by atoms with Crippen LogP contribution in [0.4, 0.5) is 0 Å². The molecule has 1 aromatic carbocycles. The molecule has 0 fully saturated rings. The van der Waals surface area contributed by atoms with Crippen molar-refractivity contribution >= 4 is 35.1 Å². The van der Waals surface area contributed by atoms with Gasteiger partial charge in [-0.3, -0.25) is 4.79 Å². The van der Waals surface area contributed by atoms with Gasteiger partial charge in [0.2, 0.25) is 0 Å². The first-order chi connectivity index (χ1) is 9.32. The van der Waals surface area contributed by atoms with Crippen molar-refractivity contribution in [2.24, 2.45) is 5.92 Å². The van der Waals surface area contributed by atoms with E-state index in [0.717, 1.165) is 0 Å². The quantitative estimate of drug-likeness (QED) is 0.845. The van der Waals surface area contributed by atoms with Crippen LogP contribution in [0.1, 0.15) is 13.8 Å². The van der Waals surface area contributed by atoms with Crippen LogP contribution in [0.3, 0.4) is 0 Å². The van der Waals surface area contributed by atoms with E-state index in [4.69, 9.17) is 33.0 Å². The first kappa shape index (κ1) is 16.6. The van der Waals surface area contributed by atoms with Crippen molar-refractivity contribution in [1.82, 2.24) is 5.32 Å². The molecular weight excluding hydrogens is 305 g/mol. The Morgan fingerprint density at radius 1 is 1.30 bits per heavy atom. The summed E-state index contributed by atoms with van der Waals surface area (Å²) in [5.41, 5.74) is 0. The molecule has 0 aliphatic heterocycles. The first-order valence-corrected chi connectivity index (χ1v) is 6.67. The molecule has 110 valence electrons. The van der Waals surface area contributed by atoms with Crippen LogP contribution in [0.15, 0.2) is 18.2 Å². The molecule has 1 aromatic rings. The first-order valence-electron chi connectivity index (χ1n) is 5.92. The Labute approximate surface area is 126 Å². The number of nitrogens with one attached hydrogen (secondary N) is 1. The third-order valence-corrected chi connectivity index (χ3v) is 3.11. The molecule has 0 unspecified atom stereocenters. The minimum absolute atomic E-state index is 0.197. The van der Waals surface area contributed by atoms with Crippen molar-refractivity contribution in [3.63, 3.8) is 0 Å². The summed E-state index contributed by atoms with van der Waals surface area (Å²) in [4.78, 5) is 22.6. The van der Waals surface area contributed by atoms with Gasteiger partial charge >= 0.3 is 5.97 Å². The number of amides is 1. The lowest BCUT2D eigenvalue weighted by atomic mass is 10.1. The Morgan fingerprint density at radius 3 is 2.30 bits per heavy atom. The van der Waals surface area contributed by atoms with E-state index in [1.54, 1.807) is 32.0 Å². The van der Waals surface area contributed by atoms with Crippen molar-refractivity contribution in [3.05, 3.63) is 28.2 Å². The summed E-state index contributed by atoms with van der Waals surface area (Å²) >= 11 is 11.8. The number of rotatable bonds is 6. The van der Waals surface area contributed by atoms with Crippen LogP contribution in [0.5, 0.6) is 5.75 Å². The standard InChI is InChI=1S/C13H15Cl2NO4/c1-7(2)11(13(18)19)16-10(17)6-20-12-8(14)4-3-5-9(12)15/h3-5,7,11H,6H2,1-2H3,(H,16,17)(H,18,19)/t11-/m0/s1. The number of carboxylic acids is 1. The van der Waals surface area contributed by atoms with Crippen LogP contribution >= 0.6 is 23.2 Å². The Morgan fingerprint density at radius 2 is 1.85 bits per heavy atom. The number of carboxylic acid groups (broad SMARTS) is 1. The van der Waals surface area contributed by atoms with Crippen LogP contribution in [-0.4, -0.2) is 29.6 Å². The molecule has 5 nitrogen and oxygen atoms in total. The summed E-state index contributed by atoms with van der Waals surface area (Å²) in [6.07, 6.45) is 0. The van der Waals surface area contributed by atoms with Crippen molar-refractivity contribution in [2.75, 3.05) is 6.61 Å². The molecular formula is C13H15Cl2NO4. The molecule has 1 rings (SSSR count). The van der Waals surface area contributed by atoms with Crippen molar-refractivity contribution < 1.29 is 19.4 Å². The third kappa shape index (κ3) is 4.58. The number of carbonyl (C=O) groups excluding carboxylic acids is 1. The van der Waals surface area contributed by atoms with Gasteiger partial charge in [-0.25, -0.2) is 4.79 Å². The van der Waals surface area contributed by atoms with E-state index in [9.17, 15) is 9.59 Å². The smallest absolute Gasteiger partial charge is 0.326 e. The van der Waals surface area contributed by atoms with E-state index < -0.39 is 17.9 Å². The Balaban J connectivity index is 2.62. The fourth-order valence-corrected chi connectivity index (χ4v) is 1.99. The van der Waals surface area contributed by atoms with Crippen LogP contribution in [0.2, 0.25) is 10.0 Å². The lowest BCUT2D eigenvalue weighted by Crippen LogP contribution is -2.46. The number of aliphatic carboxylic acids is 1. The number of halogens is 2. The van der Waals surface area contributed by atoms with E-state index in [-0.39, 0.29) is 28.3 Å². The summed E-state index contributed by atoms with van der Waals surface area (Å²) in [6, 6.07) is 3.84. The second-order valence-electron chi connectivity index (χ2n) is 4.47. The average molecular weight is 320 g/mol. The van der Waals surface area contributed by atoms with Crippen molar-refractivity contribution in [2.45, 2.75) is 19.9 Å². The zero-order valence-electron chi connectivity index (χ0n) is 11.0. The van der Waals surface area contributed by atoms with Crippen LogP contribution in [0, 0.1) is 5.92 Å². The second kappa shape index (κ2) is 7.36. The molecule has 0 aliphatic carbocycles. The highest BCUT2D eigenvalue weighted by Crippen LogP contribution is 2.32. The molecule has 20 heavy (non-hydrogen) atoms. The maximum atomic E-state index is 11.7. The van der Waals surface area contributed by atoms with E-state index in [1.807, 2.05) is 0 Å². The minimum atomic E-state index is -1.09. The molecule has 0 bridgehead atoms. The van der Waals surface area contributed by atoms with Gasteiger partial charge in [-0.15, -0.1) is 0 Å². The molecule has 0 spiro atoms. The van der Waals surface area contributed by atoms with Crippen LogP contribution in [-0.2, 0) is 9.59 Å². The summed E-state index contributed by atoms with van der Waals surface area (Å²) in [5, 5.41) is 11.9. The van der Waals surface area contributed by atoms with E-state index >= 15 is 0 Å². The van der Waals surface area contributed by atoms with Gasteiger partial charge in [-0.1, -0.05) is 43.1 Å². The number of hydrogen-bond donors (Lipinski definition) is 2. The molecule has 1 amide bonds. The number of ether oxygens (including phenoxy) is 1. The lowest BCUT2D eigenvalue weighted by Gasteiger charge is -2.18. The SMILES string of the molecule is CC(C)[C@H](NC(=O)COc1c(Cl)cccc1Cl)C(=O)O. The molecule has 0 aliphatic rings. The molecule has 0 radical (unpaired) electrons. The molecule has 1 atom stereocenters. The van der Waals surface area contributed by atoms with E-state index in [2.05, 4.69) is 5.32 Å². The number of hydrogen-bond acceptors (Lipinski definition) is 3. The van der Waals surface area contributed by atoms with Gasteiger partial charge in [-0.05, 0) is 18.1 Å². The molecule has 0 saturated carbocycles. The lowest BCUT2D eigenvalue weighted by molar-refractivity contribution is -0.143. The predicted molar refractivity (Wildman–Crippen MR) is 76.4 cm³/mol. The monoisotopic (exact) mass is 319 g/mol. The normalized spacial score (nSPS) is 12.1. The zero-order valence-corrected chi connectivity index (χ0v) is 12.5. The predicted octanol–water partition coefficient (Wildman–Crippen LogP) is 2.60. The fraction of sp³-hybridized carbons (Fsp3) is 0.385. The Bertz CT molecular complexity index is 485. The van der Waals surface area contributed by atoms with Crippen LogP contribution < -0.4 is 10.1 Å². The molecule has 0 saturated heterocycles. The number of benzene rings is 1. The summed E-state index contributed by atoms with van der Waals surface area (Å²) in [6.45, 7) is 3.04. The van der Waals surface area contributed by atoms with Gasteiger partial charge in [0.15, 0.2) is 12.4 Å². The highest BCUT2D eigenvalue weighted by Gasteiger charge is 2.23. The topological polar surface area (TPSA) is 75.6 Å². The Kier molecular flexibility index (Phi) is 6.10. The second-order valence-corrected chi connectivity index (χ2v) is 5.28. The highest BCUT2D eigenvalue weighted by molar-refractivity contribution is 6.37. The number of carbonyl (C=O) groups is 2. The van der Waals surface area contributed by atoms with Crippen molar-refractivity contribution in [1.29, 1.82) is 0 Å². The summed E-state index contributed by atoms with van der Waals surface area (Å²) < 4.78 is 5.22. The van der Waals surface area contributed by atoms with Crippen molar-refractivity contribution in [3.8, 4) is 5.75 Å². The van der Waals surface area contributed by atoms with Gasteiger partial charge in [0.05, 0.1) is 10.0 Å². The van der Waals surface area contributed by atoms with Gasteiger partial charge in [0.1, 0.15) is 6.04 Å². The average Bonchev–Trinajstić information content (AvgIpc) is 2.34. The van der Waals surface area contributed by atoms with Gasteiger partial charge in [0.25, 0.3) is 5.91 Å². The third-order valence-electron chi connectivity index (χ3n) is 2.52. The van der Waals surface area contributed by atoms with E-state index in [0.29, 0.717) is 0 Å². The van der Waals surface area contributed by atoms with Gasteiger partial charge in [-0.2, -0.15) is 0 Å². The maximum absolute atomic E-state index is 11.7. The maximum Gasteiger partial charge on any atom is 0.326 e. The van der Waals surface area contributed by atoms with Crippen LogP contribution in [0.25, 0.3) is 0 Å². The molecule has 7 heteroatoms. The highest BCUT2D eigenvalue weighted by atomic mass is 35.5. The largest absolute Gasteiger partial charge is 0.481 e. The summed E-state index contributed by atoms with van der Waals surface area (Å²) in [7, 11) is 0. The fourth-order valence-electron chi connectivity index (χ4n) is 1.49. The molecule has 0 heterocycles. The molecule has 2 N–H and O–H groups in total. The van der Waals surface area contributed by atoms with Gasteiger partial charge < -0.3 is 15.2 Å². The number of para-hydroxylation sites is 1. The van der Waals surface area contributed by atoms with E-state index in [1.165, 1.54) is 0 Å².